The quantitative estimate of drug-likeness (QED) is 0.830. The Bertz CT molecular complexity index is 358. The molecule has 0 unspecified atom stereocenters. The molecule has 0 bridgehead atoms. The number of carbonyl (C=O) groups excluding carboxylic acids is 1. The molecule has 0 atom stereocenters. The standard InChI is InChI=1S/C12H20N2OS/c1-5-12(3,4)13-8-11-10(6-7-16-11)14-9(2)15/h6-7,13H,5,8H2,1-4H3,(H,14,15). The first kappa shape index (κ1) is 13.2. The zero-order valence-electron chi connectivity index (χ0n) is 10.4. The highest BCUT2D eigenvalue weighted by molar-refractivity contribution is 7.10. The van der Waals surface area contributed by atoms with E-state index in [0.717, 1.165) is 18.7 Å². The smallest absolute Gasteiger partial charge is 0.221 e. The van der Waals surface area contributed by atoms with Crippen molar-refractivity contribution in [2.24, 2.45) is 0 Å². The van der Waals surface area contributed by atoms with Gasteiger partial charge in [0.25, 0.3) is 0 Å². The van der Waals surface area contributed by atoms with Gasteiger partial charge in [-0.3, -0.25) is 4.79 Å². The molecule has 0 saturated heterocycles. The first-order valence-electron chi connectivity index (χ1n) is 5.53. The molecule has 0 aliphatic heterocycles. The van der Waals surface area contributed by atoms with Crippen LogP contribution in [0.5, 0.6) is 0 Å². The van der Waals surface area contributed by atoms with Gasteiger partial charge < -0.3 is 10.6 Å². The number of anilines is 1. The van der Waals surface area contributed by atoms with Crippen LogP contribution in [0.3, 0.4) is 0 Å². The van der Waals surface area contributed by atoms with Gasteiger partial charge in [0.05, 0.1) is 5.69 Å². The summed E-state index contributed by atoms with van der Waals surface area (Å²) in [5, 5.41) is 8.32. The molecular weight excluding hydrogens is 220 g/mol. The van der Waals surface area contributed by atoms with Crippen LogP contribution < -0.4 is 10.6 Å². The van der Waals surface area contributed by atoms with E-state index in [1.807, 2.05) is 11.4 Å². The van der Waals surface area contributed by atoms with Gasteiger partial charge in [-0.25, -0.2) is 0 Å². The van der Waals surface area contributed by atoms with E-state index in [4.69, 9.17) is 0 Å². The van der Waals surface area contributed by atoms with Crippen molar-refractivity contribution in [1.82, 2.24) is 5.32 Å². The first-order chi connectivity index (χ1) is 7.44. The van der Waals surface area contributed by atoms with E-state index in [-0.39, 0.29) is 11.4 Å². The Morgan fingerprint density at radius 1 is 1.50 bits per heavy atom. The largest absolute Gasteiger partial charge is 0.325 e. The lowest BCUT2D eigenvalue weighted by Gasteiger charge is -2.24. The minimum absolute atomic E-state index is 0.0191. The predicted molar refractivity (Wildman–Crippen MR) is 69.8 cm³/mol. The van der Waals surface area contributed by atoms with Crippen molar-refractivity contribution in [3.8, 4) is 0 Å². The molecule has 0 aliphatic carbocycles. The highest BCUT2D eigenvalue weighted by atomic mass is 32.1. The third-order valence-corrected chi connectivity index (χ3v) is 3.59. The fourth-order valence-corrected chi connectivity index (χ4v) is 1.99. The molecule has 4 heteroatoms. The zero-order valence-corrected chi connectivity index (χ0v) is 11.2. The van der Waals surface area contributed by atoms with E-state index in [1.54, 1.807) is 11.3 Å². The number of amides is 1. The fourth-order valence-electron chi connectivity index (χ4n) is 1.22. The maximum atomic E-state index is 11.0. The molecule has 0 aromatic carbocycles. The Labute approximate surface area is 101 Å². The van der Waals surface area contributed by atoms with Crippen molar-refractivity contribution in [2.45, 2.75) is 46.2 Å². The van der Waals surface area contributed by atoms with Crippen LogP contribution in [0, 0.1) is 0 Å². The summed E-state index contributed by atoms with van der Waals surface area (Å²) in [4.78, 5) is 12.2. The topological polar surface area (TPSA) is 41.1 Å². The molecule has 1 heterocycles. The molecule has 0 radical (unpaired) electrons. The summed E-state index contributed by atoms with van der Waals surface area (Å²) in [6.07, 6.45) is 1.08. The van der Waals surface area contributed by atoms with Crippen LogP contribution in [0.25, 0.3) is 0 Å². The number of carbonyl (C=O) groups is 1. The lowest BCUT2D eigenvalue weighted by molar-refractivity contribution is -0.114. The molecule has 0 aliphatic rings. The molecule has 3 nitrogen and oxygen atoms in total. The van der Waals surface area contributed by atoms with E-state index >= 15 is 0 Å². The van der Waals surface area contributed by atoms with E-state index in [9.17, 15) is 4.79 Å². The van der Waals surface area contributed by atoms with Crippen LogP contribution in [0.15, 0.2) is 11.4 Å². The monoisotopic (exact) mass is 240 g/mol. The van der Waals surface area contributed by atoms with Gasteiger partial charge in [0.2, 0.25) is 5.91 Å². The van der Waals surface area contributed by atoms with Gasteiger partial charge in [-0.1, -0.05) is 6.92 Å². The number of hydrogen-bond acceptors (Lipinski definition) is 3. The third-order valence-electron chi connectivity index (χ3n) is 2.67. The lowest BCUT2D eigenvalue weighted by Crippen LogP contribution is -2.37. The summed E-state index contributed by atoms with van der Waals surface area (Å²) in [7, 11) is 0. The van der Waals surface area contributed by atoms with Gasteiger partial charge in [0, 0.05) is 23.9 Å². The summed E-state index contributed by atoms with van der Waals surface area (Å²) in [6.45, 7) is 8.85. The van der Waals surface area contributed by atoms with E-state index in [1.165, 1.54) is 11.8 Å². The van der Waals surface area contributed by atoms with Crippen LogP contribution in [0.1, 0.15) is 39.0 Å². The number of rotatable bonds is 5. The maximum Gasteiger partial charge on any atom is 0.221 e. The minimum atomic E-state index is -0.0191. The minimum Gasteiger partial charge on any atom is -0.325 e. The van der Waals surface area contributed by atoms with Gasteiger partial charge in [0.15, 0.2) is 0 Å². The zero-order chi connectivity index (χ0) is 12.2. The third kappa shape index (κ3) is 3.94. The van der Waals surface area contributed by atoms with Crippen LogP contribution in [-0.2, 0) is 11.3 Å². The lowest BCUT2D eigenvalue weighted by atomic mass is 10.0. The van der Waals surface area contributed by atoms with Crippen LogP contribution >= 0.6 is 11.3 Å². The van der Waals surface area contributed by atoms with Crippen molar-refractivity contribution >= 4 is 22.9 Å². The number of hydrogen-bond donors (Lipinski definition) is 2. The highest BCUT2D eigenvalue weighted by Crippen LogP contribution is 2.23. The molecule has 90 valence electrons. The van der Waals surface area contributed by atoms with Crippen LogP contribution in [0.4, 0.5) is 5.69 Å². The van der Waals surface area contributed by atoms with Gasteiger partial charge in [-0.05, 0) is 31.7 Å². The number of nitrogens with one attached hydrogen (secondary N) is 2. The molecule has 1 aromatic heterocycles. The Morgan fingerprint density at radius 3 is 2.75 bits per heavy atom. The average Bonchev–Trinajstić information content (AvgIpc) is 2.62. The SMILES string of the molecule is CCC(C)(C)NCc1sccc1NC(C)=O. The second-order valence-corrected chi connectivity index (χ2v) is 5.53. The van der Waals surface area contributed by atoms with E-state index in [2.05, 4.69) is 31.4 Å². The Morgan fingerprint density at radius 2 is 2.19 bits per heavy atom. The van der Waals surface area contributed by atoms with Gasteiger partial charge in [0.1, 0.15) is 0 Å². The van der Waals surface area contributed by atoms with Gasteiger partial charge in [-0.2, -0.15) is 0 Å². The van der Waals surface area contributed by atoms with Crippen LogP contribution in [0.2, 0.25) is 0 Å². The summed E-state index contributed by atoms with van der Waals surface area (Å²) in [6, 6.07) is 1.95. The second-order valence-electron chi connectivity index (χ2n) is 4.53. The summed E-state index contributed by atoms with van der Waals surface area (Å²) >= 11 is 1.67. The summed E-state index contributed by atoms with van der Waals surface area (Å²) in [5.74, 6) is -0.0191. The maximum absolute atomic E-state index is 11.0. The fraction of sp³-hybridized carbons (Fsp3) is 0.583. The van der Waals surface area contributed by atoms with E-state index in [0.29, 0.717) is 0 Å². The second kappa shape index (κ2) is 5.46. The van der Waals surface area contributed by atoms with Crippen molar-refractivity contribution < 1.29 is 4.79 Å². The average molecular weight is 240 g/mol. The molecule has 2 N–H and O–H groups in total. The predicted octanol–water partition coefficient (Wildman–Crippen LogP) is 2.98. The molecule has 0 fully saturated rings. The Balaban J connectivity index is 2.60. The van der Waals surface area contributed by atoms with E-state index < -0.39 is 0 Å². The normalized spacial score (nSPS) is 11.5. The highest BCUT2D eigenvalue weighted by Gasteiger charge is 2.15. The molecule has 0 saturated carbocycles. The summed E-state index contributed by atoms with van der Waals surface area (Å²) < 4.78 is 0. The Hall–Kier alpha value is -0.870. The van der Waals surface area contributed by atoms with Crippen molar-refractivity contribution in [3.05, 3.63) is 16.3 Å². The first-order valence-corrected chi connectivity index (χ1v) is 6.41. The molecule has 1 aromatic rings. The number of thiophene rings is 1. The van der Waals surface area contributed by atoms with Crippen molar-refractivity contribution in [1.29, 1.82) is 0 Å². The molecule has 0 spiro atoms. The van der Waals surface area contributed by atoms with Gasteiger partial charge in [-0.15, -0.1) is 11.3 Å². The summed E-state index contributed by atoms with van der Waals surface area (Å²) in [5.41, 5.74) is 1.06. The van der Waals surface area contributed by atoms with Crippen LogP contribution in [-0.4, -0.2) is 11.4 Å². The van der Waals surface area contributed by atoms with Crippen molar-refractivity contribution in [3.63, 3.8) is 0 Å². The van der Waals surface area contributed by atoms with Crippen molar-refractivity contribution in [2.75, 3.05) is 5.32 Å². The molecular formula is C12H20N2OS. The molecule has 1 rings (SSSR count). The Kier molecular flexibility index (Phi) is 4.50. The molecule has 1 amide bonds. The molecule has 16 heavy (non-hydrogen) atoms. The van der Waals surface area contributed by atoms with Gasteiger partial charge >= 0.3 is 0 Å².